The highest BCUT2D eigenvalue weighted by Gasteiger charge is 2.20. The number of hydrogen-bond acceptors (Lipinski definition) is 2. The fourth-order valence-electron chi connectivity index (χ4n) is 2.54. The van der Waals surface area contributed by atoms with Crippen molar-refractivity contribution in [3.05, 3.63) is 99.8 Å². The van der Waals surface area contributed by atoms with Crippen molar-refractivity contribution in [2.75, 3.05) is 0 Å². The van der Waals surface area contributed by atoms with E-state index in [1.165, 1.54) is 36.0 Å². The first kappa shape index (κ1) is 19.0. The first-order valence-electron chi connectivity index (χ1n) is 7.98. The van der Waals surface area contributed by atoms with Gasteiger partial charge < -0.3 is 0 Å². The second-order valence-corrected chi connectivity index (χ2v) is 7.81. The maximum absolute atomic E-state index is 13.1. The molecule has 0 radical (unpaired) electrons. The van der Waals surface area contributed by atoms with Crippen LogP contribution in [0.2, 0.25) is 10.0 Å². The molecule has 132 valence electrons. The SMILES string of the molecule is O=C(C[C@H](Sc1ccc(Cl)cc1Cl)c1ccccc1)c1ccc(F)cc1. The molecule has 26 heavy (non-hydrogen) atoms. The Morgan fingerprint density at radius 2 is 1.65 bits per heavy atom. The third kappa shape index (κ3) is 4.88. The number of benzene rings is 3. The maximum atomic E-state index is 13.1. The number of Topliss-reactive ketones (excluding diaryl/α,β-unsaturated/α-hetero) is 1. The smallest absolute Gasteiger partial charge is 0.164 e. The number of thioether (sulfide) groups is 1. The van der Waals surface area contributed by atoms with Crippen molar-refractivity contribution in [1.29, 1.82) is 0 Å². The van der Waals surface area contributed by atoms with Gasteiger partial charge in [-0.1, -0.05) is 53.5 Å². The topological polar surface area (TPSA) is 17.1 Å². The number of carbonyl (C=O) groups is 1. The van der Waals surface area contributed by atoms with Crippen LogP contribution in [0.15, 0.2) is 77.7 Å². The number of carbonyl (C=O) groups excluding carboxylic acids is 1. The first-order chi connectivity index (χ1) is 12.5. The fraction of sp³-hybridized carbons (Fsp3) is 0.0952. The van der Waals surface area contributed by atoms with Crippen molar-refractivity contribution < 1.29 is 9.18 Å². The van der Waals surface area contributed by atoms with Gasteiger partial charge in [-0.3, -0.25) is 4.79 Å². The molecule has 3 rings (SSSR count). The molecule has 0 N–H and O–H groups in total. The Kier molecular flexibility index (Phi) is 6.36. The Hall–Kier alpha value is -1.81. The summed E-state index contributed by atoms with van der Waals surface area (Å²) in [7, 11) is 0. The third-order valence-corrected chi connectivity index (χ3v) is 5.86. The Bertz CT molecular complexity index is 898. The molecule has 1 nitrogen and oxygen atoms in total. The lowest BCUT2D eigenvalue weighted by Gasteiger charge is -2.17. The van der Waals surface area contributed by atoms with Crippen molar-refractivity contribution in [1.82, 2.24) is 0 Å². The summed E-state index contributed by atoms with van der Waals surface area (Å²) in [5.74, 6) is -0.403. The molecule has 0 spiro atoms. The van der Waals surface area contributed by atoms with E-state index < -0.39 is 0 Å². The van der Waals surface area contributed by atoms with Gasteiger partial charge in [-0.05, 0) is 48.0 Å². The van der Waals surface area contributed by atoms with E-state index in [1.807, 2.05) is 36.4 Å². The highest BCUT2D eigenvalue weighted by atomic mass is 35.5. The highest BCUT2D eigenvalue weighted by molar-refractivity contribution is 7.99. The van der Waals surface area contributed by atoms with E-state index in [0.717, 1.165) is 10.5 Å². The van der Waals surface area contributed by atoms with Gasteiger partial charge in [0.15, 0.2) is 5.78 Å². The Balaban J connectivity index is 1.86. The van der Waals surface area contributed by atoms with E-state index in [0.29, 0.717) is 15.6 Å². The molecule has 5 heteroatoms. The molecular weight excluding hydrogens is 390 g/mol. The average Bonchev–Trinajstić information content (AvgIpc) is 2.64. The zero-order valence-corrected chi connectivity index (χ0v) is 16.0. The minimum atomic E-state index is -0.358. The van der Waals surface area contributed by atoms with Crippen LogP contribution in [-0.4, -0.2) is 5.78 Å². The van der Waals surface area contributed by atoms with Crippen molar-refractivity contribution >= 4 is 40.7 Å². The van der Waals surface area contributed by atoms with Crippen LogP contribution in [0, 0.1) is 5.82 Å². The van der Waals surface area contributed by atoms with Gasteiger partial charge in [-0.15, -0.1) is 11.8 Å². The Morgan fingerprint density at radius 3 is 2.31 bits per heavy atom. The summed E-state index contributed by atoms with van der Waals surface area (Å²) >= 11 is 13.8. The molecule has 0 saturated heterocycles. The second kappa shape index (κ2) is 8.72. The van der Waals surface area contributed by atoms with Crippen molar-refractivity contribution in [3.63, 3.8) is 0 Å². The minimum absolute atomic E-state index is 0.0450. The van der Waals surface area contributed by atoms with Crippen molar-refractivity contribution in [2.45, 2.75) is 16.6 Å². The molecule has 0 aliphatic rings. The maximum Gasteiger partial charge on any atom is 0.164 e. The van der Waals surface area contributed by atoms with E-state index in [2.05, 4.69) is 0 Å². The van der Waals surface area contributed by atoms with E-state index >= 15 is 0 Å². The van der Waals surface area contributed by atoms with E-state index in [1.54, 1.807) is 12.1 Å². The van der Waals surface area contributed by atoms with Crippen LogP contribution in [-0.2, 0) is 0 Å². The molecule has 0 unspecified atom stereocenters. The standard InChI is InChI=1S/C21H15Cl2FOS/c22-16-8-11-20(18(23)12-16)26-21(15-4-2-1-3-5-15)13-19(25)14-6-9-17(24)10-7-14/h1-12,21H,13H2/t21-/m0/s1. The van der Waals surface area contributed by atoms with E-state index in [-0.39, 0.29) is 23.3 Å². The summed E-state index contributed by atoms with van der Waals surface area (Å²) in [6.45, 7) is 0. The monoisotopic (exact) mass is 404 g/mol. The normalized spacial score (nSPS) is 12.0. The van der Waals surface area contributed by atoms with Crippen LogP contribution < -0.4 is 0 Å². The van der Waals surface area contributed by atoms with Crippen LogP contribution in [0.1, 0.15) is 27.6 Å². The van der Waals surface area contributed by atoms with Gasteiger partial charge in [0.05, 0.1) is 5.02 Å². The van der Waals surface area contributed by atoms with Gasteiger partial charge in [0.25, 0.3) is 0 Å². The van der Waals surface area contributed by atoms with Gasteiger partial charge >= 0.3 is 0 Å². The van der Waals surface area contributed by atoms with Crippen molar-refractivity contribution in [2.24, 2.45) is 0 Å². The largest absolute Gasteiger partial charge is 0.294 e. The molecule has 0 bridgehead atoms. The highest BCUT2D eigenvalue weighted by Crippen LogP contribution is 2.42. The molecule has 0 heterocycles. The van der Waals surface area contributed by atoms with Crippen LogP contribution in [0.4, 0.5) is 4.39 Å². The number of ketones is 1. The average molecular weight is 405 g/mol. The molecule has 0 aliphatic carbocycles. The lowest BCUT2D eigenvalue weighted by molar-refractivity contribution is 0.0982. The summed E-state index contributed by atoms with van der Waals surface area (Å²) in [6.07, 6.45) is 0.277. The van der Waals surface area contributed by atoms with Crippen molar-refractivity contribution in [3.8, 4) is 0 Å². The summed E-state index contributed by atoms with van der Waals surface area (Å²) in [6, 6.07) is 20.7. The first-order valence-corrected chi connectivity index (χ1v) is 9.62. The lowest BCUT2D eigenvalue weighted by Crippen LogP contribution is -2.05. The van der Waals surface area contributed by atoms with Gasteiger partial charge in [0, 0.05) is 27.2 Å². The minimum Gasteiger partial charge on any atom is -0.294 e. The number of rotatable bonds is 6. The molecule has 0 amide bonds. The summed E-state index contributed by atoms with van der Waals surface area (Å²) in [5, 5.41) is 1.00. The predicted octanol–water partition coefficient (Wildman–Crippen LogP) is 7.24. The molecule has 1 atom stereocenters. The number of halogens is 3. The fourth-order valence-corrected chi connectivity index (χ4v) is 4.24. The zero-order chi connectivity index (χ0) is 18.5. The Morgan fingerprint density at radius 1 is 0.962 bits per heavy atom. The van der Waals surface area contributed by atoms with E-state index in [9.17, 15) is 9.18 Å². The van der Waals surface area contributed by atoms with Crippen LogP contribution >= 0.6 is 35.0 Å². The van der Waals surface area contributed by atoms with Gasteiger partial charge in [-0.2, -0.15) is 0 Å². The van der Waals surface area contributed by atoms with Crippen LogP contribution in [0.25, 0.3) is 0 Å². The molecular formula is C21H15Cl2FOS. The molecule has 0 saturated carbocycles. The van der Waals surface area contributed by atoms with Gasteiger partial charge in [-0.25, -0.2) is 4.39 Å². The van der Waals surface area contributed by atoms with Gasteiger partial charge in [0.2, 0.25) is 0 Å². The molecule has 3 aromatic carbocycles. The molecule has 0 aromatic heterocycles. The summed E-state index contributed by atoms with van der Waals surface area (Å²) in [4.78, 5) is 13.5. The lowest BCUT2D eigenvalue weighted by atomic mass is 10.0. The zero-order valence-electron chi connectivity index (χ0n) is 13.7. The number of hydrogen-bond donors (Lipinski definition) is 0. The van der Waals surface area contributed by atoms with E-state index in [4.69, 9.17) is 23.2 Å². The van der Waals surface area contributed by atoms with Crippen LogP contribution in [0.5, 0.6) is 0 Å². The molecule has 0 fully saturated rings. The Labute approximate surface area is 166 Å². The van der Waals surface area contributed by atoms with Crippen LogP contribution in [0.3, 0.4) is 0 Å². The summed E-state index contributed by atoms with van der Waals surface area (Å²) < 4.78 is 13.1. The summed E-state index contributed by atoms with van der Waals surface area (Å²) in [5.41, 5.74) is 1.52. The predicted molar refractivity (Wildman–Crippen MR) is 107 cm³/mol. The molecule has 0 aliphatic heterocycles. The molecule has 3 aromatic rings. The quantitative estimate of drug-likeness (QED) is 0.318. The van der Waals surface area contributed by atoms with Gasteiger partial charge in [0.1, 0.15) is 5.82 Å². The second-order valence-electron chi connectivity index (χ2n) is 5.73. The third-order valence-electron chi connectivity index (χ3n) is 3.87.